The van der Waals surface area contributed by atoms with E-state index in [1.807, 2.05) is 12.3 Å². The van der Waals surface area contributed by atoms with E-state index in [0.29, 0.717) is 6.04 Å². The van der Waals surface area contributed by atoms with Crippen LogP contribution in [0, 0.1) is 0 Å². The summed E-state index contributed by atoms with van der Waals surface area (Å²) in [6.07, 6.45) is 6.83. The first-order chi connectivity index (χ1) is 8.67. The normalized spacial score (nSPS) is 14.4. The summed E-state index contributed by atoms with van der Waals surface area (Å²) in [6, 6.07) is 2.23. The SMILES string of the molecule is CCCNC(Cc1cnccc1N)CC(C)OC. The molecule has 0 bridgehead atoms. The minimum absolute atomic E-state index is 0.247. The van der Waals surface area contributed by atoms with E-state index < -0.39 is 0 Å². The molecule has 3 N–H and O–H groups in total. The fraction of sp³-hybridized carbons (Fsp3) is 0.643. The summed E-state index contributed by atoms with van der Waals surface area (Å²) in [6.45, 7) is 5.27. The van der Waals surface area contributed by atoms with E-state index in [1.165, 1.54) is 0 Å². The van der Waals surface area contributed by atoms with Gasteiger partial charge in [-0.1, -0.05) is 6.92 Å². The molecule has 1 heterocycles. The third kappa shape index (κ3) is 5.02. The number of ether oxygens (including phenoxy) is 1. The average molecular weight is 251 g/mol. The van der Waals surface area contributed by atoms with Crippen LogP contribution in [-0.2, 0) is 11.2 Å². The van der Waals surface area contributed by atoms with Gasteiger partial charge in [0.05, 0.1) is 6.10 Å². The molecule has 0 radical (unpaired) electrons. The minimum Gasteiger partial charge on any atom is -0.398 e. The zero-order valence-electron chi connectivity index (χ0n) is 11.6. The first-order valence-corrected chi connectivity index (χ1v) is 6.61. The number of methoxy groups -OCH3 is 1. The standard InChI is InChI=1S/C14H25N3O/c1-4-6-17-13(8-11(2)18-3)9-12-10-16-7-5-14(12)15/h5,7,10-11,13,17H,4,6,8-9H2,1-3H3,(H2,15,16). The maximum atomic E-state index is 5.96. The van der Waals surface area contributed by atoms with Crippen molar-refractivity contribution < 1.29 is 4.74 Å². The zero-order chi connectivity index (χ0) is 13.4. The molecule has 4 nitrogen and oxygen atoms in total. The third-order valence-corrected chi connectivity index (χ3v) is 3.11. The van der Waals surface area contributed by atoms with E-state index in [9.17, 15) is 0 Å². The summed E-state index contributed by atoms with van der Waals surface area (Å²) in [5, 5.41) is 3.55. The van der Waals surface area contributed by atoms with E-state index in [2.05, 4.69) is 24.1 Å². The third-order valence-electron chi connectivity index (χ3n) is 3.11. The van der Waals surface area contributed by atoms with Gasteiger partial charge >= 0.3 is 0 Å². The van der Waals surface area contributed by atoms with Crippen molar-refractivity contribution in [3.63, 3.8) is 0 Å². The molecule has 1 rings (SSSR count). The second-order valence-corrected chi connectivity index (χ2v) is 4.71. The van der Waals surface area contributed by atoms with Crippen LogP contribution >= 0.6 is 0 Å². The first-order valence-electron chi connectivity index (χ1n) is 6.61. The first kappa shape index (κ1) is 14.9. The van der Waals surface area contributed by atoms with Crippen LogP contribution in [0.3, 0.4) is 0 Å². The van der Waals surface area contributed by atoms with Gasteiger partial charge in [0.25, 0.3) is 0 Å². The summed E-state index contributed by atoms with van der Waals surface area (Å²) >= 11 is 0. The molecule has 2 atom stereocenters. The highest BCUT2D eigenvalue weighted by Gasteiger charge is 2.14. The topological polar surface area (TPSA) is 60.2 Å². The molecule has 2 unspecified atom stereocenters. The highest BCUT2D eigenvalue weighted by Crippen LogP contribution is 2.14. The molecule has 1 aromatic heterocycles. The van der Waals surface area contributed by atoms with Gasteiger partial charge in [-0.15, -0.1) is 0 Å². The minimum atomic E-state index is 0.247. The lowest BCUT2D eigenvalue weighted by molar-refractivity contribution is 0.100. The van der Waals surface area contributed by atoms with Crippen LogP contribution in [0.15, 0.2) is 18.5 Å². The molecule has 0 aliphatic carbocycles. The van der Waals surface area contributed by atoms with Crippen molar-refractivity contribution in [2.45, 2.75) is 45.3 Å². The van der Waals surface area contributed by atoms with E-state index >= 15 is 0 Å². The smallest absolute Gasteiger partial charge is 0.0558 e. The number of nitrogen functional groups attached to an aromatic ring is 1. The van der Waals surface area contributed by atoms with Gasteiger partial charge in [-0.2, -0.15) is 0 Å². The molecule has 0 aromatic carbocycles. The Morgan fingerprint density at radius 2 is 2.28 bits per heavy atom. The van der Waals surface area contributed by atoms with Crippen LogP contribution in [0.1, 0.15) is 32.3 Å². The molecule has 18 heavy (non-hydrogen) atoms. The number of nitrogens with zero attached hydrogens (tertiary/aromatic N) is 1. The number of pyridine rings is 1. The zero-order valence-corrected chi connectivity index (χ0v) is 11.6. The molecular weight excluding hydrogens is 226 g/mol. The number of rotatable bonds is 8. The lowest BCUT2D eigenvalue weighted by Gasteiger charge is -2.22. The number of nitrogens with two attached hydrogens (primary N) is 1. The molecule has 0 saturated heterocycles. The maximum absolute atomic E-state index is 5.96. The summed E-state index contributed by atoms with van der Waals surface area (Å²) in [4.78, 5) is 4.14. The maximum Gasteiger partial charge on any atom is 0.0558 e. The van der Waals surface area contributed by atoms with Crippen molar-refractivity contribution in [3.8, 4) is 0 Å². The largest absolute Gasteiger partial charge is 0.398 e. The van der Waals surface area contributed by atoms with Gasteiger partial charge in [0.1, 0.15) is 0 Å². The van der Waals surface area contributed by atoms with Crippen molar-refractivity contribution in [1.82, 2.24) is 10.3 Å². The Morgan fingerprint density at radius 1 is 1.50 bits per heavy atom. The van der Waals surface area contributed by atoms with E-state index in [4.69, 9.17) is 10.5 Å². The van der Waals surface area contributed by atoms with Crippen LogP contribution in [0.2, 0.25) is 0 Å². The van der Waals surface area contributed by atoms with Crippen LogP contribution in [0.25, 0.3) is 0 Å². The Bertz CT molecular complexity index is 344. The fourth-order valence-corrected chi connectivity index (χ4v) is 1.96. The van der Waals surface area contributed by atoms with Gasteiger partial charge in [0.15, 0.2) is 0 Å². The highest BCUT2D eigenvalue weighted by molar-refractivity contribution is 5.44. The molecule has 0 spiro atoms. The van der Waals surface area contributed by atoms with Gasteiger partial charge in [0.2, 0.25) is 0 Å². The summed E-state index contributed by atoms with van der Waals surface area (Å²) in [7, 11) is 1.75. The van der Waals surface area contributed by atoms with Crippen LogP contribution in [0.4, 0.5) is 5.69 Å². The Labute approximate surface area is 110 Å². The van der Waals surface area contributed by atoms with Gasteiger partial charge in [-0.25, -0.2) is 0 Å². The second-order valence-electron chi connectivity index (χ2n) is 4.71. The number of hydrogen-bond acceptors (Lipinski definition) is 4. The van der Waals surface area contributed by atoms with Crippen LogP contribution < -0.4 is 11.1 Å². The van der Waals surface area contributed by atoms with Crippen molar-refractivity contribution in [2.75, 3.05) is 19.4 Å². The Balaban J connectivity index is 2.62. The molecule has 4 heteroatoms. The van der Waals surface area contributed by atoms with Gasteiger partial charge in [0, 0.05) is 31.2 Å². The molecule has 0 aliphatic heterocycles. The van der Waals surface area contributed by atoms with Crippen molar-refractivity contribution in [2.24, 2.45) is 0 Å². The quantitative estimate of drug-likeness (QED) is 0.742. The number of aromatic nitrogens is 1. The van der Waals surface area contributed by atoms with Crippen molar-refractivity contribution in [3.05, 3.63) is 24.0 Å². The lowest BCUT2D eigenvalue weighted by Crippen LogP contribution is -2.35. The van der Waals surface area contributed by atoms with Crippen LogP contribution in [-0.4, -0.2) is 30.8 Å². The highest BCUT2D eigenvalue weighted by atomic mass is 16.5. The summed E-state index contributed by atoms with van der Waals surface area (Å²) < 4.78 is 5.34. The number of nitrogens with one attached hydrogen (secondary N) is 1. The van der Waals surface area contributed by atoms with Crippen molar-refractivity contribution >= 4 is 5.69 Å². The Hall–Kier alpha value is -1.13. The van der Waals surface area contributed by atoms with E-state index in [-0.39, 0.29) is 6.10 Å². The predicted molar refractivity (Wildman–Crippen MR) is 75.5 cm³/mol. The van der Waals surface area contributed by atoms with E-state index in [1.54, 1.807) is 13.3 Å². The number of anilines is 1. The van der Waals surface area contributed by atoms with Gasteiger partial charge in [-0.05, 0) is 44.4 Å². The number of hydrogen-bond donors (Lipinski definition) is 2. The molecule has 102 valence electrons. The Kier molecular flexibility index (Phi) is 6.68. The Morgan fingerprint density at radius 3 is 2.89 bits per heavy atom. The molecule has 0 fully saturated rings. The molecule has 0 amide bonds. The van der Waals surface area contributed by atoms with E-state index in [0.717, 1.165) is 37.1 Å². The predicted octanol–water partition coefficient (Wildman–Crippen LogP) is 2.00. The molecule has 1 aromatic rings. The van der Waals surface area contributed by atoms with Crippen molar-refractivity contribution in [1.29, 1.82) is 0 Å². The van der Waals surface area contributed by atoms with Gasteiger partial charge in [-0.3, -0.25) is 4.98 Å². The van der Waals surface area contributed by atoms with Gasteiger partial charge < -0.3 is 15.8 Å². The molecular formula is C14H25N3O. The monoisotopic (exact) mass is 251 g/mol. The summed E-state index contributed by atoms with van der Waals surface area (Å²) in [5.74, 6) is 0. The molecule has 0 saturated carbocycles. The second kappa shape index (κ2) is 8.06. The fourth-order valence-electron chi connectivity index (χ4n) is 1.96. The molecule has 0 aliphatic rings. The average Bonchev–Trinajstić information content (AvgIpc) is 2.38. The summed E-state index contributed by atoms with van der Waals surface area (Å²) in [5.41, 5.74) is 7.89. The lowest BCUT2D eigenvalue weighted by atomic mass is 10.0. The van der Waals surface area contributed by atoms with Crippen LogP contribution in [0.5, 0.6) is 0 Å².